The Morgan fingerprint density at radius 2 is 1.18 bits per heavy atom. The van der Waals surface area contributed by atoms with Crippen molar-refractivity contribution in [2.75, 3.05) is 13.2 Å². The van der Waals surface area contributed by atoms with Crippen molar-refractivity contribution < 1.29 is 58.3 Å². The fourth-order valence-corrected chi connectivity index (χ4v) is 19.8. The first-order valence-corrected chi connectivity index (χ1v) is 18.8. The Morgan fingerprint density at radius 1 is 0.821 bits per heavy atom. The third-order valence-electron chi connectivity index (χ3n) is 6.64. The van der Waals surface area contributed by atoms with Crippen molar-refractivity contribution in [3.8, 4) is 0 Å². The van der Waals surface area contributed by atoms with E-state index in [9.17, 15) is 10.2 Å². The zero-order valence-corrected chi connectivity index (χ0v) is 24.0. The largest absolute Gasteiger partial charge is 1.00 e. The number of hydrogen-bond donors (Lipinski definition) is 2. The van der Waals surface area contributed by atoms with Gasteiger partial charge < -0.3 is 24.8 Å². The first kappa shape index (κ1) is 26.8. The molecule has 0 unspecified atom stereocenters. The van der Waals surface area contributed by atoms with Gasteiger partial charge in [-0.3, -0.25) is 0 Å². The van der Waals surface area contributed by atoms with Crippen LogP contribution in [0.15, 0.2) is 40.3 Å². The molecule has 4 bridgehead atoms. The normalized spacial score (nSPS) is 20.3. The topological polar surface area (TPSA) is 40.5 Å². The van der Waals surface area contributed by atoms with Crippen LogP contribution in [0.1, 0.15) is 26.7 Å². The zero-order chi connectivity index (χ0) is 19.3. The summed E-state index contributed by atoms with van der Waals surface area (Å²) in [5.74, 6) is 0. The van der Waals surface area contributed by atoms with E-state index in [1.165, 1.54) is 12.8 Å². The van der Waals surface area contributed by atoms with Crippen LogP contribution in [0.3, 0.4) is 0 Å². The van der Waals surface area contributed by atoms with Gasteiger partial charge in [-0.1, -0.05) is 0 Å². The van der Waals surface area contributed by atoms with Gasteiger partial charge in [0, 0.05) is 0 Å². The summed E-state index contributed by atoms with van der Waals surface area (Å²) in [5, 5.41) is 22.8. The molecule has 0 saturated carbocycles. The van der Waals surface area contributed by atoms with Crippen LogP contribution < -0.4 is 24.8 Å². The molecular formula is C21H34Cl2O2Si2Zr. The molecule has 0 saturated heterocycles. The number of fused-ring (bicyclic) bond motifs is 2. The second kappa shape index (κ2) is 9.50. The fourth-order valence-electron chi connectivity index (χ4n) is 5.19. The Balaban J connectivity index is 0.00000196. The molecule has 156 valence electrons. The summed E-state index contributed by atoms with van der Waals surface area (Å²) < 4.78 is 3.61. The van der Waals surface area contributed by atoms with Crippen LogP contribution in [0, 0.1) is 5.41 Å². The molecule has 0 aromatic rings. The van der Waals surface area contributed by atoms with Gasteiger partial charge in [-0.15, -0.1) is 0 Å². The first-order chi connectivity index (χ1) is 12.1. The van der Waals surface area contributed by atoms with Crippen molar-refractivity contribution in [1.82, 2.24) is 0 Å². The Hall–Kier alpha value is 0.777. The smallest absolute Gasteiger partial charge is 1.00 e. The molecule has 0 fully saturated rings. The number of rotatable bonds is 6. The van der Waals surface area contributed by atoms with Gasteiger partial charge in [0.15, 0.2) is 0 Å². The summed E-state index contributed by atoms with van der Waals surface area (Å²) in [6.45, 7) is 15.4. The van der Waals surface area contributed by atoms with Crippen LogP contribution in [0.5, 0.6) is 0 Å². The van der Waals surface area contributed by atoms with E-state index in [4.69, 9.17) is 0 Å². The molecule has 0 aromatic heterocycles. The quantitative estimate of drug-likeness (QED) is 0.418. The van der Waals surface area contributed by atoms with Crippen LogP contribution in [0.25, 0.3) is 0 Å². The van der Waals surface area contributed by atoms with Gasteiger partial charge in [-0.05, 0) is 0 Å². The van der Waals surface area contributed by atoms with E-state index in [1.54, 1.807) is 28.1 Å². The molecule has 3 rings (SSSR count). The maximum atomic E-state index is 9.67. The Labute approximate surface area is 197 Å². The molecule has 2 N–H and O–H groups in total. The molecule has 28 heavy (non-hydrogen) atoms. The molecule has 0 atom stereocenters. The minimum Gasteiger partial charge on any atom is -1.00 e. The minimum absolute atomic E-state index is 0. The summed E-state index contributed by atoms with van der Waals surface area (Å²) in [6.07, 6.45) is 7.43. The van der Waals surface area contributed by atoms with Crippen molar-refractivity contribution in [3.63, 3.8) is 0 Å². The van der Waals surface area contributed by atoms with Crippen LogP contribution in [0.2, 0.25) is 38.3 Å². The van der Waals surface area contributed by atoms with Crippen molar-refractivity contribution >= 4 is 16.1 Å². The van der Waals surface area contributed by atoms with Gasteiger partial charge in [-0.2, -0.15) is 0 Å². The predicted molar refractivity (Wildman–Crippen MR) is 112 cm³/mol. The SMILES string of the molecule is CC1(C)C2=CC[C](=C2[Si](C)(C)CCO)[Zr+2][C]2=C([Si](C)(C)CCO)C1=CC2.[Cl-].[Cl-]. The average molecular weight is 537 g/mol. The number of aliphatic hydroxyl groups excluding tert-OH is 2. The van der Waals surface area contributed by atoms with E-state index in [1.807, 2.05) is 0 Å². The summed E-state index contributed by atoms with van der Waals surface area (Å²) >= 11 is -0.755. The van der Waals surface area contributed by atoms with Gasteiger partial charge in [-0.25, -0.2) is 0 Å². The Morgan fingerprint density at radius 3 is 1.50 bits per heavy atom. The van der Waals surface area contributed by atoms with Gasteiger partial charge in [0.1, 0.15) is 0 Å². The van der Waals surface area contributed by atoms with Crippen molar-refractivity contribution in [3.05, 3.63) is 40.3 Å². The maximum absolute atomic E-state index is 9.67. The van der Waals surface area contributed by atoms with Gasteiger partial charge in [0.25, 0.3) is 0 Å². The molecule has 1 heterocycles. The zero-order valence-electron chi connectivity index (χ0n) is 18.0. The molecule has 0 aromatic carbocycles. The van der Waals surface area contributed by atoms with Crippen LogP contribution >= 0.6 is 0 Å². The summed E-state index contributed by atoms with van der Waals surface area (Å²) in [5.41, 5.74) is 3.25. The predicted octanol–water partition coefficient (Wildman–Crippen LogP) is -1.24. The molecule has 3 aliphatic rings. The van der Waals surface area contributed by atoms with Gasteiger partial charge in [0.05, 0.1) is 0 Å². The van der Waals surface area contributed by atoms with Gasteiger partial charge >= 0.3 is 173 Å². The number of hydrogen-bond acceptors (Lipinski definition) is 2. The molecule has 2 nitrogen and oxygen atoms in total. The number of aliphatic hydroxyl groups is 2. The van der Waals surface area contributed by atoms with E-state index in [2.05, 4.69) is 52.2 Å². The third kappa shape index (κ3) is 4.51. The second-order valence-corrected chi connectivity index (χ2v) is 22.9. The fraction of sp³-hybridized carbons (Fsp3) is 0.619. The number of halogens is 2. The summed E-state index contributed by atoms with van der Waals surface area (Å²) in [7, 11) is -3.20. The Bertz CT molecular complexity index is 690. The minimum atomic E-state index is -1.60. The van der Waals surface area contributed by atoms with Crippen molar-refractivity contribution in [2.45, 2.75) is 65.0 Å². The van der Waals surface area contributed by atoms with Crippen molar-refractivity contribution in [1.29, 1.82) is 0 Å². The molecule has 2 aliphatic carbocycles. The van der Waals surface area contributed by atoms with E-state index in [-0.39, 0.29) is 30.2 Å². The molecule has 0 radical (unpaired) electrons. The molecule has 7 heteroatoms. The van der Waals surface area contributed by atoms with Crippen LogP contribution in [0.4, 0.5) is 0 Å². The molecule has 0 amide bonds. The number of allylic oxidation sites excluding steroid dienone is 8. The molecule has 0 spiro atoms. The summed E-state index contributed by atoms with van der Waals surface area (Å²) in [6, 6.07) is 1.96. The van der Waals surface area contributed by atoms with Crippen LogP contribution in [-0.4, -0.2) is 39.6 Å². The van der Waals surface area contributed by atoms with E-state index >= 15 is 0 Å². The second-order valence-electron chi connectivity index (χ2n) is 9.82. The Kier molecular flexibility index (Phi) is 9.10. The van der Waals surface area contributed by atoms with E-state index in [0.717, 1.165) is 12.1 Å². The summed E-state index contributed by atoms with van der Waals surface area (Å²) in [4.78, 5) is 0. The van der Waals surface area contributed by atoms with Gasteiger partial charge in [0.2, 0.25) is 0 Å². The monoisotopic (exact) mass is 534 g/mol. The molecule has 1 aliphatic heterocycles. The van der Waals surface area contributed by atoms with Crippen molar-refractivity contribution in [2.24, 2.45) is 5.41 Å². The first-order valence-electron chi connectivity index (χ1n) is 9.94. The van der Waals surface area contributed by atoms with Crippen LogP contribution in [-0.2, 0) is 23.2 Å². The van der Waals surface area contributed by atoms with E-state index < -0.39 is 39.4 Å². The maximum Gasteiger partial charge on any atom is -1.00 e. The average Bonchev–Trinajstić information content (AvgIpc) is 3.13. The van der Waals surface area contributed by atoms with E-state index in [0.29, 0.717) is 13.2 Å². The third-order valence-corrected chi connectivity index (χ3v) is 18.4. The molecular weight excluding hydrogens is 503 g/mol. The standard InChI is InChI=1S/C21H34O2Si2.2ClH.Zr/c1-21(2,17-9-7-11-19(17)24(3,4)15-13-22)18-10-8-12-20(18)25(5,6)16-14-23;;;/h9-10,22-23H,7-8,13-16H2,1-6H3;2*1H;/q;;;+2/p-2.